The number of nitrogens with one attached hydrogen (secondary N) is 2. The fourth-order valence-corrected chi connectivity index (χ4v) is 10.8. The maximum Gasteiger partial charge on any atom is 0.164 e. The summed E-state index contributed by atoms with van der Waals surface area (Å²) in [7, 11) is 0. The van der Waals surface area contributed by atoms with Crippen LogP contribution in [-0.2, 0) is 6.42 Å². The van der Waals surface area contributed by atoms with E-state index in [1.54, 1.807) is 0 Å². The number of aromatic hydroxyl groups is 4. The van der Waals surface area contributed by atoms with Crippen LogP contribution in [0.1, 0.15) is 55.6 Å². The first kappa shape index (κ1) is 43.9. The van der Waals surface area contributed by atoms with E-state index < -0.39 is 29.4 Å². The van der Waals surface area contributed by atoms with E-state index in [1.165, 1.54) is 12.1 Å². The van der Waals surface area contributed by atoms with Gasteiger partial charge in [-0.25, -0.2) is 59.9 Å². The Morgan fingerprint density at radius 1 is 0.253 bits per heavy atom. The van der Waals surface area contributed by atoms with Crippen LogP contribution in [0.25, 0.3) is 21.5 Å². The number of hydrogen-bond donors (Lipinski definition) is 6. The summed E-state index contributed by atoms with van der Waals surface area (Å²) in [5, 5.41) is 53.5. The zero-order valence-electron chi connectivity index (χ0n) is 40.9. The minimum Gasteiger partial charge on any atom is -0.505 e. The van der Waals surface area contributed by atoms with Crippen molar-refractivity contribution in [2.45, 2.75) is 6.42 Å². The van der Waals surface area contributed by atoms with Gasteiger partial charge >= 0.3 is 0 Å². The van der Waals surface area contributed by atoms with E-state index in [0.29, 0.717) is 89.8 Å². The number of aliphatic imine (C=N–C) groups is 8. The highest BCUT2D eigenvalue weighted by molar-refractivity contribution is 6.26. The van der Waals surface area contributed by atoms with Gasteiger partial charge in [0, 0.05) is 83.6 Å². The van der Waals surface area contributed by atoms with Gasteiger partial charge in [-0.3, -0.25) is 0 Å². The van der Waals surface area contributed by atoms with Crippen molar-refractivity contribution in [2.24, 2.45) is 59.9 Å². The van der Waals surface area contributed by atoms with E-state index >= 15 is 0 Å². The smallest absolute Gasteiger partial charge is 0.164 e. The number of phenolic OH excluding ortho intramolecular Hbond substituents is 4. The van der Waals surface area contributed by atoms with Crippen LogP contribution >= 0.6 is 0 Å². The zero-order valence-corrected chi connectivity index (χ0v) is 40.9. The van der Waals surface area contributed by atoms with Crippen molar-refractivity contribution < 1.29 is 20.4 Å². The molecule has 0 saturated heterocycles. The molecule has 8 aromatic carbocycles. The van der Waals surface area contributed by atoms with Crippen molar-refractivity contribution in [3.63, 3.8) is 0 Å². The summed E-state index contributed by atoms with van der Waals surface area (Å²) in [4.78, 5) is 66.6. The second-order valence-electron chi connectivity index (χ2n) is 19.2. The quantitative estimate of drug-likeness (QED) is 0.0998. The van der Waals surface area contributed by atoms with Crippen LogP contribution in [0.5, 0.6) is 23.0 Å². The third kappa shape index (κ3) is 6.77. The van der Waals surface area contributed by atoms with Gasteiger partial charge in [-0.15, -0.1) is 0 Å². The van der Waals surface area contributed by atoms with Crippen LogP contribution in [0.3, 0.4) is 0 Å². The fraction of sp³-hybridized carbons (Fsp3) is 0.0164. The molecule has 8 heterocycles. The molecule has 0 fully saturated rings. The van der Waals surface area contributed by atoms with Crippen molar-refractivity contribution in [3.8, 4) is 23.0 Å². The molecule has 0 aliphatic carbocycles. The van der Waals surface area contributed by atoms with E-state index in [4.69, 9.17) is 59.9 Å². The largest absolute Gasteiger partial charge is 0.505 e. The van der Waals surface area contributed by atoms with E-state index in [2.05, 4.69) is 9.97 Å². The lowest BCUT2D eigenvalue weighted by molar-refractivity contribution is 0.431. The number of aromatic nitrogens is 2. The van der Waals surface area contributed by atoms with Gasteiger partial charge in [-0.05, 0) is 12.1 Å². The Kier molecular flexibility index (Phi) is 9.21. The van der Waals surface area contributed by atoms with Crippen LogP contribution in [0.15, 0.2) is 218 Å². The van der Waals surface area contributed by atoms with Crippen LogP contribution in [-0.4, -0.2) is 77.1 Å². The molecule has 0 unspecified atom stereocenters. The molecule has 2 aromatic heterocycles. The summed E-state index contributed by atoms with van der Waals surface area (Å²) < 4.78 is 0. The maximum absolute atomic E-state index is 12.6. The predicted octanol–water partition coefficient (Wildman–Crippen LogP) is 8.32. The van der Waals surface area contributed by atoms with Crippen molar-refractivity contribution in [3.05, 3.63) is 235 Å². The first-order chi connectivity index (χ1) is 38.8. The molecule has 18 heteroatoms. The van der Waals surface area contributed by atoms with E-state index in [-0.39, 0.29) is 57.2 Å². The van der Waals surface area contributed by atoms with E-state index in [1.807, 2.05) is 146 Å². The summed E-state index contributed by atoms with van der Waals surface area (Å²) in [6.07, 6.45) is -0.509. The highest BCUT2D eigenvalue weighted by Gasteiger charge is 2.31. The highest BCUT2D eigenvalue weighted by Crippen LogP contribution is 2.51. The topological polar surface area (TPSA) is 261 Å². The molecule has 79 heavy (non-hydrogen) atoms. The molecule has 18 nitrogen and oxygen atoms in total. The summed E-state index contributed by atoms with van der Waals surface area (Å²) >= 11 is 0. The van der Waals surface area contributed by atoms with Gasteiger partial charge in [-0.1, -0.05) is 146 Å². The molecule has 16 rings (SSSR count). The average molecular weight is 1030 g/mol. The molecule has 0 amide bonds. The van der Waals surface area contributed by atoms with Crippen molar-refractivity contribution in [1.82, 2.24) is 9.97 Å². The van der Waals surface area contributed by atoms with Gasteiger partial charge in [0.05, 0.1) is 0 Å². The first-order valence-electron chi connectivity index (χ1n) is 25.1. The highest BCUT2D eigenvalue weighted by atomic mass is 16.3. The summed E-state index contributed by atoms with van der Waals surface area (Å²) in [5.74, 6) is 0.364. The number of amidine groups is 8. The first-order valence-corrected chi connectivity index (χ1v) is 25.1. The molecular weight excluding hydrogens is 993 g/mol. The van der Waals surface area contributed by atoms with E-state index in [0.717, 1.165) is 21.5 Å². The third-order valence-electron chi connectivity index (χ3n) is 14.6. The predicted molar refractivity (Wildman–Crippen MR) is 300 cm³/mol. The number of fused-ring (bicyclic) bond motifs is 30. The Bertz CT molecular complexity index is 4440. The molecule has 6 aliphatic rings. The van der Waals surface area contributed by atoms with Crippen molar-refractivity contribution in [2.75, 3.05) is 0 Å². The molecule has 0 radical (unpaired) electrons. The number of phenols is 4. The maximum atomic E-state index is 12.6. The Balaban J connectivity index is 0.938. The second kappa shape index (κ2) is 16.5. The Hall–Kier alpha value is -11.4. The van der Waals surface area contributed by atoms with Crippen LogP contribution in [0.2, 0.25) is 0 Å². The number of rotatable bonds is 2. The molecule has 0 saturated carbocycles. The third-order valence-corrected chi connectivity index (χ3v) is 14.6. The normalized spacial score (nSPS) is 15.1. The van der Waals surface area contributed by atoms with Gasteiger partial charge in [0.25, 0.3) is 0 Å². The minimum atomic E-state index is -0.509. The number of hydrogen-bond acceptors (Lipinski definition) is 16. The van der Waals surface area contributed by atoms with Crippen molar-refractivity contribution in [1.29, 1.82) is 0 Å². The Morgan fingerprint density at radius 3 is 0.684 bits per heavy atom. The molecule has 0 spiro atoms. The molecule has 6 N–H and O–H groups in total. The zero-order chi connectivity index (χ0) is 52.6. The van der Waals surface area contributed by atoms with E-state index in [9.17, 15) is 20.4 Å². The van der Waals surface area contributed by atoms with Crippen LogP contribution in [0, 0.1) is 0 Å². The number of H-pyrrole nitrogens is 2. The van der Waals surface area contributed by atoms with Gasteiger partial charge in [0.2, 0.25) is 0 Å². The summed E-state index contributed by atoms with van der Waals surface area (Å²) in [6, 6.07) is 48.3. The standard InChI is InChI=1S/C61H34N14O4/c76-46-40(47(77)43-26-42(46)62-50-28-13-1-5-17-32(28)54(66-50)70-58-36-21-9-10-22-37(36)59(74-58)71-55-33-18-6-2-14-29(33)51(63-43)67-55)25-41-48(78)44-27-45(49(41)79)65-53-31-16-4-8-20-35(31)57(69-53)73-61-39-24-12-11-23-38(39)60(75-61)72-56-34-19-7-3-15-30(34)52(64-44)68-56/h1-24,26-27,76-79H,25H2,(H,62,63,66,67,70,71,74)(H,64,65,68,69,72,73,75). The van der Waals surface area contributed by atoms with Gasteiger partial charge in [0.1, 0.15) is 67.7 Å². The molecule has 372 valence electrons. The number of benzene rings is 8. The fourth-order valence-electron chi connectivity index (χ4n) is 10.8. The SMILES string of the molecule is Oc1c2cc(c(O)c1Cc1c(O)c3cc(c1O)N=C1N=C(N=c4[nH]c(c5ccccc45)=NC4=NC(=N3)c3ccccc34)c3ccccc31)N=C1N=C(N=c3[nH]c(c4ccccc34)=NC3=NC(=N2)c2ccccc23)c2ccccc21. The Morgan fingerprint density at radius 2 is 0.456 bits per heavy atom. The monoisotopic (exact) mass is 1030 g/mol. The van der Waals surface area contributed by atoms with Crippen molar-refractivity contribution >= 4 is 91.0 Å². The van der Waals surface area contributed by atoms with Crippen LogP contribution < -0.4 is 22.0 Å². The van der Waals surface area contributed by atoms with Gasteiger partial charge in [0.15, 0.2) is 46.7 Å². The van der Waals surface area contributed by atoms with Crippen LogP contribution in [0.4, 0.5) is 22.7 Å². The summed E-state index contributed by atoms with van der Waals surface area (Å²) in [5.41, 5.74) is 6.90. The molecule has 10 aromatic rings. The molecular formula is C61H34N14O4. The lowest BCUT2D eigenvalue weighted by atomic mass is 9.97. The van der Waals surface area contributed by atoms with Gasteiger partial charge < -0.3 is 30.4 Å². The Labute approximate surface area is 444 Å². The molecule has 16 bridgehead atoms. The lowest BCUT2D eigenvalue weighted by Gasteiger charge is -2.16. The number of aromatic amines is 2. The summed E-state index contributed by atoms with van der Waals surface area (Å²) in [6.45, 7) is 0. The number of nitrogens with zero attached hydrogens (tertiary/aromatic N) is 12. The average Bonchev–Trinajstić information content (AvgIpc) is 4.47. The second-order valence-corrected chi connectivity index (χ2v) is 19.2. The minimum absolute atomic E-state index is 0.0400. The lowest BCUT2D eigenvalue weighted by Crippen LogP contribution is -2.15. The molecule has 6 aliphatic heterocycles. The van der Waals surface area contributed by atoms with Gasteiger partial charge in [-0.2, -0.15) is 0 Å². The molecule has 0 atom stereocenters.